The highest BCUT2D eigenvalue weighted by Gasteiger charge is 2.44. The van der Waals surface area contributed by atoms with Gasteiger partial charge >= 0.3 is 6.03 Å². The standard InChI is InChI=1S/C44H53N11O5/c1-27-5-12-36(41(57)47-27)55-42(58)34-11-10-32(22-35(34)43(55)59)52-19-13-28(25-52)24-51-17-14-30(15-18-51)29-6-8-31(9-7-29)48-40-38(39(45)56)46-23-37(49-40)53-16-3-4-33(26-53)54-21-20-50(2)44(54)60/h6-11,22-23,28,30,33,36H,1,3-5,12-21,24-26H2,2H3,(H2,45,56)(H,47,57)(H,48,49)/t28-,33-,36?/m1/s1. The minimum absolute atomic E-state index is 0.0637. The maximum Gasteiger partial charge on any atom is 0.320 e. The van der Waals surface area contributed by atoms with Crippen molar-refractivity contribution in [3.63, 3.8) is 0 Å². The van der Waals surface area contributed by atoms with Gasteiger partial charge in [0.15, 0.2) is 11.5 Å². The number of benzene rings is 2. The van der Waals surface area contributed by atoms with Crippen LogP contribution in [0.4, 0.5) is 27.8 Å². The number of primary amides is 1. The molecule has 16 heteroatoms. The fourth-order valence-electron chi connectivity index (χ4n) is 9.97. The van der Waals surface area contributed by atoms with Crippen molar-refractivity contribution in [3.8, 4) is 0 Å². The molecule has 2 aromatic carbocycles. The second-order valence-corrected chi connectivity index (χ2v) is 17.2. The van der Waals surface area contributed by atoms with E-state index in [1.54, 1.807) is 17.2 Å². The molecule has 5 saturated heterocycles. The van der Waals surface area contributed by atoms with Gasteiger partial charge in [0.1, 0.15) is 11.9 Å². The number of carbonyl (C=O) groups is 5. The molecular weight excluding hydrogens is 763 g/mol. The zero-order valence-electron chi connectivity index (χ0n) is 34.1. The van der Waals surface area contributed by atoms with Crippen LogP contribution < -0.4 is 26.2 Å². The average Bonchev–Trinajstić information content (AvgIpc) is 3.93. The van der Waals surface area contributed by atoms with E-state index in [1.807, 2.05) is 36.2 Å². The van der Waals surface area contributed by atoms with Gasteiger partial charge in [-0.25, -0.2) is 14.8 Å². The minimum atomic E-state index is -0.817. The number of nitrogens with zero attached hydrogens (tertiary/aromatic N) is 8. The monoisotopic (exact) mass is 815 g/mol. The molecule has 6 amide bonds. The summed E-state index contributed by atoms with van der Waals surface area (Å²) in [5, 5.41) is 6.00. The molecule has 3 aromatic rings. The van der Waals surface area contributed by atoms with Crippen molar-refractivity contribution in [2.45, 2.75) is 62.9 Å². The van der Waals surface area contributed by atoms with E-state index in [1.165, 1.54) is 5.56 Å². The number of aromatic nitrogens is 2. The van der Waals surface area contributed by atoms with Crippen LogP contribution in [0.2, 0.25) is 0 Å². The Bertz CT molecular complexity index is 2220. The van der Waals surface area contributed by atoms with Crippen molar-refractivity contribution < 1.29 is 24.0 Å². The van der Waals surface area contributed by atoms with Gasteiger partial charge in [0.2, 0.25) is 5.91 Å². The highest BCUT2D eigenvalue weighted by atomic mass is 16.2. The largest absolute Gasteiger partial charge is 0.371 e. The van der Waals surface area contributed by atoms with E-state index in [9.17, 15) is 24.0 Å². The highest BCUT2D eigenvalue weighted by molar-refractivity contribution is 6.23. The Morgan fingerprint density at radius 2 is 1.67 bits per heavy atom. The van der Waals surface area contributed by atoms with Gasteiger partial charge < -0.3 is 40.9 Å². The van der Waals surface area contributed by atoms with Crippen molar-refractivity contribution in [1.82, 2.24) is 34.9 Å². The van der Waals surface area contributed by atoms with Crippen LogP contribution in [0.1, 0.15) is 87.6 Å². The van der Waals surface area contributed by atoms with E-state index < -0.39 is 23.8 Å². The van der Waals surface area contributed by atoms with Gasteiger partial charge in [-0.05, 0) is 106 Å². The van der Waals surface area contributed by atoms with Crippen LogP contribution in [-0.4, -0.2) is 137 Å². The first-order valence-electron chi connectivity index (χ1n) is 21.3. The smallest absolute Gasteiger partial charge is 0.320 e. The quantitative estimate of drug-likeness (QED) is 0.254. The number of hydrogen-bond donors (Lipinski definition) is 3. The van der Waals surface area contributed by atoms with E-state index in [2.05, 4.69) is 49.0 Å². The Balaban J connectivity index is 0.771. The number of nitrogens with one attached hydrogen (secondary N) is 2. The minimum Gasteiger partial charge on any atom is -0.371 e. The molecule has 0 spiro atoms. The van der Waals surface area contributed by atoms with E-state index in [4.69, 9.17) is 10.7 Å². The summed E-state index contributed by atoms with van der Waals surface area (Å²) in [6.07, 6.45) is 7.54. The number of rotatable bonds is 10. The van der Waals surface area contributed by atoms with E-state index in [0.29, 0.717) is 59.7 Å². The van der Waals surface area contributed by atoms with E-state index in [0.717, 1.165) is 101 Å². The van der Waals surface area contributed by atoms with Crippen molar-refractivity contribution in [3.05, 3.63) is 83.3 Å². The van der Waals surface area contributed by atoms with Crippen LogP contribution in [0.5, 0.6) is 0 Å². The van der Waals surface area contributed by atoms with Crippen LogP contribution in [-0.2, 0) is 4.79 Å². The number of anilines is 4. The molecule has 1 aromatic heterocycles. The molecule has 6 aliphatic heterocycles. The van der Waals surface area contributed by atoms with Crippen LogP contribution >= 0.6 is 0 Å². The topological polar surface area (TPSA) is 181 Å². The first-order chi connectivity index (χ1) is 29.0. The normalized spacial score (nSPS) is 24.1. The Morgan fingerprint density at radius 3 is 2.40 bits per heavy atom. The molecule has 6 aliphatic rings. The third kappa shape index (κ3) is 7.64. The van der Waals surface area contributed by atoms with E-state index in [-0.39, 0.29) is 23.7 Å². The fourth-order valence-corrected chi connectivity index (χ4v) is 9.97. The molecule has 1 unspecified atom stereocenters. The molecule has 5 fully saturated rings. The molecule has 60 heavy (non-hydrogen) atoms. The summed E-state index contributed by atoms with van der Waals surface area (Å²) >= 11 is 0. The Hall–Kier alpha value is -6.03. The lowest BCUT2D eigenvalue weighted by Gasteiger charge is -2.37. The fraction of sp³-hybridized carbons (Fsp3) is 0.477. The van der Waals surface area contributed by atoms with Gasteiger partial charge in [0.05, 0.1) is 23.4 Å². The molecular formula is C44H53N11O5. The summed E-state index contributed by atoms with van der Waals surface area (Å²) in [5.41, 5.74) is 10.1. The number of allylic oxidation sites excluding steroid dienone is 1. The van der Waals surface area contributed by atoms with Crippen molar-refractivity contribution in [2.24, 2.45) is 11.7 Å². The summed E-state index contributed by atoms with van der Waals surface area (Å²) < 4.78 is 0. The predicted octanol–water partition coefficient (Wildman–Crippen LogP) is 3.75. The molecule has 0 radical (unpaired) electrons. The van der Waals surface area contributed by atoms with Gasteiger partial charge in [-0.3, -0.25) is 24.1 Å². The third-order valence-electron chi connectivity index (χ3n) is 13.3. The number of likely N-dealkylation sites (N-methyl/N-ethyl adjacent to an activating group) is 1. The zero-order valence-corrected chi connectivity index (χ0v) is 34.1. The Labute approximate surface area is 349 Å². The van der Waals surface area contributed by atoms with Crippen molar-refractivity contribution >= 4 is 52.7 Å². The molecule has 0 saturated carbocycles. The maximum atomic E-state index is 13.4. The van der Waals surface area contributed by atoms with Crippen molar-refractivity contribution in [2.75, 3.05) is 81.1 Å². The van der Waals surface area contributed by atoms with Crippen LogP contribution in [0.25, 0.3) is 0 Å². The molecule has 0 aliphatic carbocycles. The summed E-state index contributed by atoms with van der Waals surface area (Å²) in [7, 11) is 1.83. The number of imide groups is 1. The third-order valence-corrected chi connectivity index (χ3v) is 13.3. The van der Waals surface area contributed by atoms with Crippen molar-refractivity contribution in [1.29, 1.82) is 0 Å². The summed E-state index contributed by atoms with van der Waals surface area (Å²) in [4.78, 5) is 85.4. The number of carbonyl (C=O) groups excluding carboxylic acids is 5. The van der Waals surface area contributed by atoms with Crippen LogP contribution in [0, 0.1) is 5.92 Å². The SMILES string of the molecule is C=C1CCC(N2C(=O)c3ccc(N4CC[C@H](CN5CCC(c6ccc(Nc7nc(N8CCC[C@@H](N9CCN(C)C9=O)C8)cnc7C(N)=O)cc6)CC5)C4)cc3C2=O)C(=O)N1. The second-order valence-electron chi connectivity index (χ2n) is 17.2. The molecule has 0 bridgehead atoms. The van der Waals surface area contributed by atoms with Gasteiger partial charge in [0, 0.05) is 69.9 Å². The molecule has 7 heterocycles. The highest BCUT2D eigenvalue weighted by Crippen LogP contribution is 2.35. The van der Waals surface area contributed by atoms with Crippen LogP contribution in [0.15, 0.2) is 60.9 Å². The number of amides is 6. The molecule has 9 rings (SSSR count). The number of nitrogens with two attached hydrogens (primary N) is 1. The number of likely N-dealkylation sites (tertiary alicyclic amines) is 1. The van der Waals surface area contributed by atoms with Gasteiger partial charge in [-0.2, -0.15) is 0 Å². The Kier molecular flexibility index (Phi) is 10.6. The number of fused-ring (bicyclic) bond motifs is 1. The predicted molar refractivity (Wildman–Crippen MR) is 226 cm³/mol. The maximum absolute atomic E-state index is 13.4. The summed E-state index contributed by atoms with van der Waals surface area (Å²) in [6, 6.07) is 13.2. The summed E-state index contributed by atoms with van der Waals surface area (Å²) in [5.74, 6) is 0.0666. The van der Waals surface area contributed by atoms with Gasteiger partial charge in [-0.15, -0.1) is 0 Å². The lowest BCUT2D eigenvalue weighted by atomic mass is 9.89. The molecule has 3 atom stereocenters. The van der Waals surface area contributed by atoms with E-state index >= 15 is 0 Å². The molecule has 16 nitrogen and oxygen atoms in total. The summed E-state index contributed by atoms with van der Waals surface area (Å²) in [6.45, 7) is 11.5. The number of piperidine rings is 3. The lowest BCUT2D eigenvalue weighted by Crippen LogP contribution is -2.51. The molecule has 4 N–H and O–H groups in total. The Morgan fingerprint density at radius 1 is 0.883 bits per heavy atom. The number of hydrogen-bond acceptors (Lipinski definition) is 11. The molecule has 314 valence electrons. The number of urea groups is 1. The first-order valence-corrected chi connectivity index (χ1v) is 21.3. The zero-order chi connectivity index (χ0) is 41.7. The first kappa shape index (κ1) is 39.4. The van der Waals surface area contributed by atoms with Gasteiger partial charge in [-0.1, -0.05) is 18.7 Å². The van der Waals surface area contributed by atoms with Gasteiger partial charge in [0.25, 0.3) is 17.7 Å². The average molecular weight is 816 g/mol. The second kappa shape index (κ2) is 16.2. The van der Waals surface area contributed by atoms with Crippen LogP contribution in [0.3, 0.4) is 0 Å². The lowest BCUT2D eigenvalue weighted by molar-refractivity contribution is -0.125.